The average Bonchev–Trinajstić information content (AvgIpc) is 2.95. The van der Waals surface area contributed by atoms with Gasteiger partial charge in [0.05, 0.1) is 29.3 Å². The van der Waals surface area contributed by atoms with Crippen molar-refractivity contribution in [2.24, 2.45) is 0 Å². The molecule has 2 aromatic rings. The zero-order chi connectivity index (χ0) is 18.8. The van der Waals surface area contributed by atoms with E-state index >= 15 is 0 Å². The van der Waals surface area contributed by atoms with Crippen LogP contribution in [0.15, 0.2) is 12.1 Å². The highest BCUT2D eigenvalue weighted by Crippen LogP contribution is 2.36. The molecule has 3 rings (SSSR count). The van der Waals surface area contributed by atoms with Crippen LogP contribution in [0.2, 0.25) is 0 Å². The Labute approximate surface area is 158 Å². The Balaban J connectivity index is 1.98. The van der Waals surface area contributed by atoms with Gasteiger partial charge in [-0.05, 0) is 45.4 Å². The van der Waals surface area contributed by atoms with Crippen LogP contribution in [0.25, 0.3) is 10.4 Å². The van der Waals surface area contributed by atoms with Crippen LogP contribution in [0, 0.1) is 13.8 Å². The van der Waals surface area contributed by atoms with Gasteiger partial charge in [-0.2, -0.15) is 0 Å². The molecule has 0 radical (unpaired) electrons. The van der Waals surface area contributed by atoms with Crippen LogP contribution in [0.5, 0.6) is 0 Å². The molecule has 140 valence electrons. The van der Waals surface area contributed by atoms with E-state index in [1.54, 1.807) is 11.3 Å². The van der Waals surface area contributed by atoms with Gasteiger partial charge >= 0.3 is 0 Å². The van der Waals surface area contributed by atoms with E-state index in [9.17, 15) is 4.79 Å². The molecule has 2 atom stereocenters. The molecular weight excluding hydrogens is 348 g/mol. The highest BCUT2D eigenvalue weighted by atomic mass is 32.1. The number of morpholine rings is 1. The molecule has 7 heteroatoms. The lowest BCUT2D eigenvalue weighted by molar-refractivity contribution is -0.119. The van der Waals surface area contributed by atoms with Gasteiger partial charge < -0.3 is 15.0 Å². The molecular formula is C19H26N4O2S. The molecule has 26 heavy (non-hydrogen) atoms. The Hall–Kier alpha value is -1.99. The van der Waals surface area contributed by atoms with Gasteiger partial charge in [-0.15, -0.1) is 0 Å². The van der Waals surface area contributed by atoms with Crippen molar-refractivity contribution in [1.29, 1.82) is 0 Å². The van der Waals surface area contributed by atoms with E-state index in [1.165, 1.54) is 6.92 Å². The molecule has 0 aromatic carbocycles. The van der Waals surface area contributed by atoms with Crippen molar-refractivity contribution in [2.45, 2.75) is 53.4 Å². The molecule has 0 bridgehead atoms. The van der Waals surface area contributed by atoms with Crippen LogP contribution in [0.4, 0.5) is 5.13 Å². The number of aromatic nitrogens is 2. The minimum atomic E-state index is -0.0544. The van der Waals surface area contributed by atoms with Crippen molar-refractivity contribution >= 4 is 22.4 Å². The predicted molar refractivity (Wildman–Crippen MR) is 105 cm³/mol. The molecule has 0 saturated carbocycles. The highest BCUT2D eigenvalue weighted by molar-refractivity contribution is 7.19. The summed E-state index contributed by atoms with van der Waals surface area (Å²) in [7, 11) is 0. The van der Waals surface area contributed by atoms with Crippen LogP contribution in [0.3, 0.4) is 0 Å². The van der Waals surface area contributed by atoms with E-state index in [-0.39, 0.29) is 18.1 Å². The number of thiazole rings is 1. The molecule has 0 aliphatic carbocycles. The second-order valence-corrected chi connectivity index (χ2v) is 7.96. The number of rotatable bonds is 4. The van der Waals surface area contributed by atoms with Gasteiger partial charge in [-0.1, -0.05) is 11.3 Å². The van der Waals surface area contributed by atoms with Gasteiger partial charge in [0, 0.05) is 31.4 Å². The molecule has 1 aliphatic heterocycles. The Bertz CT molecular complexity index is 775. The smallest absolute Gasteiger partial charge is 0.217 e. The van der Waals surface area contributed by atoms with Gasteiger partial charge in [0.25, 0.3) is 0 Å². The summed E-state index contributed by atoms with van der Waals surface area (Å²) in [6.45, 7) is 11.8. The number of carbonyl (C=O) groups is 1. The van der Waals surface area contributed by atoms with Crippen molar-refractivity contribution in [3.05, 3.63) is 29.2 Å². The average molecular weight is 375 g/mol. The Morgan fingerprint density at radius 2 is 1.85 bits per heavy atom. The first kappa shape index (κ1) is 18.8. The zero-order valence-electron chi connectivity index (χ0n) is 16.0. The fourth-order valence-electron chi connectivity index (χ4n) is 3.33. The first-order chi connectivity index (χ1) is 12.3. The molecule has 6 nitrogen and oxygen atoms in total. The second kappa shape index (κ2) is 7.72. The monoisotopic (exact) mass is 374 g/mol. The first-order valence-electron chi connectivity index (χ1n) is 8.92. The number of anilines is 1. The molecule has 2 unspecified atom stereocenters. The zero-order valence-corrected chi connectivity index (χ0v) is 16.8. The molecule has 3 heterocycles. The Morgan fingerprint density at radius 3 is 2.42 bits per heavy atom. The van der Waals surface area contributed by atoms with Gasteiger partial charge in [-0.25, -0.2) is 4.98 Å². The molecule has 1 N–H and O–H groups in total. The number of nitrogens with one attached hydrogen (secondary N) is 1. The summed E-state index contributed by atoms with van der Waals surface area (Å²) in [6, 6.07) is 4.15. The van der Waals surface area contributed by atoms with E-state index in [1.807, 2.05) is 13.8 Å². The minimum Gasteiger partial charge on any atom is -0.372 e. The number of carbonyl (C=O) groups excluding carboxylic acids is 1. The molecule has 2 aromatic heterocycles. The van der Waals surface area contributed by atoms with Crippen molar-refractivity contribution in [3.63, 3.8) is 0 Å². The summed E-state index contributed by atoms with van der Waals surface area (Å²) in [5.74, 6) is -0.0544. The van der Waals surface area contributed by atoms with Gasteiger partial charge in [0.15, 0.2) is 5.13 Å². The number of nitrogens with zero attached hydrogens (tertiary/aromatic N) is 3. The van der Waals surface area contributed by atoms with Crippen molar-refractivity contribution in [3.8, 4) is 10.4 Å². The van der Waals surface area contributed by atoms with Crippen molar-refractivity contribution in [1.82, 2.24) is 15.3 Å². The molecule has 1 aliphatic rings. The van der Waals surface area contributed by atoms with Gasteiger partial charge in [-0.3, -0.25) is 9.78 Å². The second-order valence-electron chi connectivity index (χ2n) is 6.98. The van der Waals surface area contributed by atoms with Gasteiger partial charge in [0.1, 0.15) is 0 Å². The van der Waals surface area contributed by atoms with Gasteiger partial charge in [0.2, 0.25) is 5.91 Å². The largest absolute Gasteiger partial charge is 0.372 e. The Morgan fingerprint density at radius 1 is 1.23 bits per heavy atom. The van der Waals surface area contributed by atoms with E-state index in [2.05, 4.69) is 41.2 Å². The molecule has 1 amide bonds. The van der Waals surface area contributed by atoms with Crippen molar-refractivity contribution < 1.29 is 9.53 Å². The summed E-state index contributed by atoms with van der Waals surface area (Å²) in [6.07, 6.45) is 0.352. The third-order valence-electron chi connectivity index (χ3n) is 4.22. The molecule has 0 spiro atoms. The number of hydrogen-bond donors (Lipinski definition) is 1. The van der Waals surface area contributed by atoms with Crippen LogP contribution in [-0.2, 0) is 16.1 Å². The van der Waals surface area contributed by atoms with Crippen LogP contribution >= 0.6 is 11.3 Å². The lowest BCUT2D eigenvalue weighted by atomic mass is 10.1. The summed E-state index contributed by atoms with van der Waals surface area (Å²) in [5, 5.41) is 3.86. The number of hydrogen-bond acceptors (Lipinski definition) is 6. The number of pyridine rings is 1. The van der Waals surface area contributed by atoms with E-state index in [0.29, 0.717) is 6.54 Å². The molecule has 1 fully saturated rings. The van der Waals surface area contributed by atoms with Crippen LogP contribution < -0.4 is 10.2 Å². The summed E-state index contributed by atoms with van der Waals surface area (Å²) in [4.78, 5) is 24.1. The van der Waals surface area contributed by atoms with Crippen molar-refractivity contribution in [2.75, 3.05) is 18.0 Å². The van der Waals surface area contributed by atoms with E-state index < -0.39 is 0 Å². The van der Waals surface area contributed by atoms with Crippen LogP contribution in [-0.4, -0.2) is 41.2 Å². The third kappa shape index (κ3) is 4.40. The molecule has 1 saturated heterocycles. The normalized spacial score (nSPS) is 20.3. The lowest BCUT2D eigenvalue weighted by Crippen LogP contribution is -2.45. The van der Waals surface area contributed by atoms with Crippen LogP contribution in [0.1, 0.15) is 37.9 Å². The summed E-state index contributed by atoms with van der Waals surface area (Å²) in [5.41, 5.74) is 3.97. The maximum absolute atomic E-state index is 11.4. The maximum atomic E-state index is 11.4. The minimum absolute atomic E-state index is 0.0544. The number of ether oxygens (including phenoxy) is 1. The fraction of sp³-hybridized carbons (Fsp3) is 0.526. The SMILES string of the molecule is CC(=O)NCc1nc(N2CC(C)OC(C)C2)sc1-c1cc(C)nc(C)c1. The first-order valence-corrected chi connectivity index (χ1v) is 9.73. The lowest BCUT2D eigenvalue weighted by Gasteiger charge is -2.35. The highest BCUT2D eigenvalue weighted by Gasteiger charge is 2.26. The number of aryl methyl sites for hydroxylation is 2. The fourth-order valence-corrected chi connectivity index (χ4v) is 4.42. The summed E-state index contributed by atoms with van der Waals surface area (Å²) < 4.78 is 5.84. The van der Waals surface area contributed by atoms with E-state index in [4.69, 9.17) is 9.72 Å². The maximum Gasteiger partial charge on any atom is 0.217 e. The predicted octanol–water partition coefficient (Wildman–Crippen LogP) is 3.07. The van der Waals surface area contributed by atoms with E-state index in [0.717, 1.165) is 45.7 Å². The third-order valence-corrected chi connectivity index (χ3v) is 5.43. The standard InChI is InChI=1S/C19H26N4O2S/c1-11-6-16(7-12(2)21-11)18-17(8-20-15(5)24)22-19(26-18)23-9-13(3)25-14(4)10-23/h6-7,13-14H,8-10H2,1-5H3,(H,20,24). The summed E-state index contributed by atoms with van der Waals surface area (Å²) >= 11 is 1.67. The quantitative estimate of drug-likeness (QED) is 0.891. The Kier molecular flexibility index (Phi) is 5.58. The topological polar surface area (TPSA) is 67.4 Å². The number of amides is 1.